The number of hydrogen-bond acceptors (Lipinski definition) is 2. The monoisotopic (exact) mass is 797 g/mol. The summed E-state index contributed by atoms with van der Waals surface area (Å²) in [4.78, 5) is 10.4. The Morgan fingerprint density at radius 3 is 1.62 bits per heavy atom. The zero-order valence-corrected chi connectivity index (χ0v) is 33.5. The van der Waals surface area contributed by atoms with Gasteiger partial charge in [0.2, 0.25) is 0 Å². The fourth-order valence-corrected chi connectivity index (χ4v) is 8.49. The van der Waals surface area contributed by atoms with Crippen LogP contribution in [-0.4, -0.2) is 14.5 Å². The summed E-state index contributed by atoms with van der Waals surface area (Å²) in [6.07, 6.45) is -4.55. The third-order valence-electron chi connectivity index (χ3n) is 11.4. The largest absolute Gasteiger partial charge is 0.416 e. The van der Waals surface area contributed by atoms with Gasteiger partial charge in [-0.2, -0.15) is 13.2 Å². The number of rotatable bonds is 7. The summed E-state index contributed by atoms with van der Waals surface area (Å²) in [5.41, 5.74) is 13.1. The van der Waals surface area contributed by atoms with E-state index in [1.165, 1.54) is 17.7 Å². The van der Waals surface area contributed by atoms with Crippen molar-refractivity contribution >= 4 is 21.8 Å². The van der Waals surface area contributed by atoms with Gasteiger partial charge in [0.1, 0.15) is 0 Å². The average molecular weight is 798 g/mol. The first-order valence-corrected chi connectivity index (χ1v) is 20.2. The van der Waals surface area contributed by atoms with E-state index in [9.17, 15) is 13.2 Å². The molecule has 0 amide bonds. The second-order valence-electron chi connectivity index (χ2n) is 15.5. The quantitative estimate of drug-likeness (QED) is 0.161. The van der Waals surface area contributed by atoms with Crippen molar-refractivity contribution in [2.24, 2.45) is 0 Å². The van der Waals surface area contributed by atoms with Crippen LogP contribution in [0.4, 0.5) is 13.2 Å². The normalized spacial score (nSPS) is 11.7. The number of alkyl halides is 3. The molecule has 0 fully saturated rings. The minimum absolute atomic E-state index is 0.422. The SMILES string of the molecule is Cc1cccc(-c2cc(-c3nc(-c4ccccc4)cc(-c4ccccc4)n3)cc(-c3cccc(C(F)(F)F)c3)c2-n2c3ccccc3c3cc(-c4ccccc4C)ccc32)c1. The molecule has 0 radical (unpaired) electrons. The first-order valence-electron chi connectivity index (χ1n) is 20.2. The Morgan fingerprint density at radius 1 is 0.410 bits per heavy atom. The van der Waals surface area contributed by atoms with Gasteiger partial charge in [-0.3, -0.25) is 0 Å². The van der Waals surface area contributed by atoms with Crippen molar-refractivity contribution in [1.82, 2.24) is 14.5 Å². The Bertz CT molecular complexity index is 3200. The smallest absolute Gasteiger partial charge is 0.308 e. The van der Waals surface area contributed by atoms with E-state index >= 15 is 0 Å². The van der Waals surface area contributed by atoms with Crippen LogP contribution in [0.15, 0.2) is 194 Å². The first-order chi connectivity index (χ1) is 29.7. The molecule has 0 aliphatic heterocycles. The molecule has 8 aromatic carbocycles. The highest BCUT2D eigenvalue weighted by Gasteiger charge is 2.31. The van der Waals surface area contributed by atoms with E-state index in [1.54, 1.807) is 6.07 Å². The van der Waals surface area contributed by atoms with Gasteiger partial charge in [0.15, 0.2) is 5.82 Å². The summed E-state index contributed by atoms with van der Waals surface area (Å²) in [5, 5.41) is 2.07. The van der Waals surface area contributed by atoms with Gasteiger partial charge in [0.05, 0.1) is 33.7 Å². The first kappa shape index (κ1) is 37.7. The van der Waals surface area contributed by atoms with E-state index in [0.29, 0.717) is 22.5 Å². The molecule has 0 saturated heterocycles. The standard InChI is InChI=1S/C55H38F3N3/c1-35-15-13-21-39(29-35)46-32-42(54-59-49(37-17-5-3-6-18-37)34-50(60-54)38-19-7-4-8-20-38)33-47(40-22-14-23-43(30-40)55(56,57)58)53(46)61-51-26-12-11-25-45(51)48-31-41(27-28-52(48)61)44-24-10-9-16-36(44)2/h3-34H,1-2H3. The summed E-state index contributed by atoms with van der Waals surface area (Å²) in [6.45, 7) is 4.16. The second kappa shape index (κ2) is 15.2. The molecule has 0 spiro atoms. The third kappa shape index (κ3) is 7.06. The van der Waals surface area contributed by atoms with Gasteiger partial charge in [-0.1, -0.05) is 151 Å². The maximum absolute atomic E-state index is 14.6. The Hall–Kier alpha value is -7.57. The number of aryl methyl sites for hydroxylation is 2. The van der Waals surface area contributed by atoms with Crippen molar-refractivity contribution < 1.29 is 13.2 Å². The Kier molecular flexibility index (Phi) is 9.41. The highest BCUT2D eigenvalue weighted by atomic mass is 19.4. The number of fused-ring (bicyclic) bond motifs is 3. The van der Waals surface area contributed by atoms with Gasteiger partial charge in [0.25, 0.3) is 0 Å². The maximum atomic E-state index is 14.6. The summed E-state index contributed by atoms with van der Waals surface area (Å²) < 4.78 is 46.0. The summed E-state index contributed by atoms with van der Waals surface area (Å²) >= 11 is 0. The van der Waals surface area contributed by atoms with E-state index in [2.05, 4.69) is 78.2 Å². The molecule has 294 valence electrons. The number of benzene rings is 8. The zero-order valence-electron chi connectivity index (χ0n) is 33.5. The summed E-state index contributed by atoms with van der Waals surface area (Å²) in [6, 6.07) is 62.9. The van der Waals surface area contributed by atoms with Crippen LogP contribution in [0.25, 0.3) is 94.8 Å². The van der Waals surface area contributed by atoms with Gasteiger partial charge in [-0.25, -0.2) is 9.97 Å². The minimum atomic E-state index is -4.55. The van der Waals surface area contributed by atoms with Crippen LogP contribution in [0, 0.1) is 13.8 Å². The van der Waals surface area contributed by atoms with Crippen molar-refractivity contribution in [3.8, 4) is 73.0 Å². The van der Waals surface area contributed by atoms with Gasteiger partial charge in [-0.15, -0.1) is 0 Å². The van der Waals surface area contributed by atoms with E-state index in [4.69, 9.17) is 9.97 Å². The fraction of sp³-hybridized carbons (Fsp3) is 0.0545. The van der Waals surface area contributed by atoms with Crippen LogP contribution in [0.1, 0.15) is 16.7 Å². The highest BCUT2D eigenvalue weighted by Crippen LogP contribution is 2.45. The van der Waals surface area contributed by atoms with Crippen molar-refractivity contribution in [2.75, 3.05) is 0 Å². The molecule has 0 N–H and O–H groups in total. The van der Waals surface area contributed by atoms with Crippen LogP contribution in [0.2, 0.25) is 0 Å². The summed E-state index contributed by atoms with van der Waals surface area (Å²) in [5.74, 6) is 0.457. The van der Waals surface area contributed by atoms with Crippen molar-refractivity contribution in [2.45, 2.75) is 20.0 Å². The molecular formula is C55H38F3N3. The number of halogens is 3. The predicted octanol–water partition coefficient (Wildman–Crippen LogP) is 15.2. The predicted molar refractivity (Wildman–Crippen MR) is 243 cm³/mol. The molecule has 2 heterocycles. The van der Waals surface area contributed by atoms with E-state index in [1.807, 2.05) is 110 Å². The Labute approximate surface area is 352 Å². The van der Waals surface area contributed by atoms with Gasteiger partial charge in [-0.05, 0) is 90.2 Å². The average Bonchev–Trinajstić information content (AvgIpc) is 3.62. The maximum Gasteiger partial charge on any atom is 0.416 e. The van der Waals surface area contributed by atoms with Gasteiger partial charge in [0, 0.05) is 38.6 Å². The van der Waals surface area contributed by atoms with Crippen LogP contribution >= 0.6 is 0 Å². The lowest BCUT2D eigenvalue weighted by Gasteiger charge is -2.22. The Balaban J connectivity index is 1.33. The van der Waals surface area contributed by atoms with E-state index in [0.717, 1.165) is 83.9 Å². The van der Waals surface area contributed by atoms with Gasteiger partial charge >= 0.3 is 6.18 Å². The lowest BCUT2D eigenvalue weighted by Crippen LogP contribution is -2.06. The van der Waals surface area contributed by atoms with Crippen molar-refractivity contribution in [3.63, 3.8) is 0 Å². The number of nitrogens with zero attached hydrogens (tertiary/aromatic N) is 3. The molecule has 61 heavy (non-hydrogen) atoms. The second-order valence-corrected chi connectivity index (χ2v) is 15.5. The summed E-state index contributed by atoms with van der Waals surface area (Å²) in [7, 11) is 0. The molecule has 0 unspecified atom stereocenters. The minimum Gasteiger partial charge on any atom is -0.308 e. The molecule has 0 bridgehead atoms. The molecule has 10 rings (SSSR count). The van der Waals surface area contributed by atoms with Crippen molar-refractivity contribution in [3.05, 3.63) is 211 Å². The third-order valence-corrected chi connectivity index (χ3v) is 11.4. The van der Waals surface area contributed by atoms with Crippen LogP contribution in [0.3, 0.4) is 0 Å². The molecule has 0 saturated carbocycles. The van der Waals surface area contributed by atoms with Gasteiger partial charge < -0.3 is 4.57 Å². The topological polar surface area (TPSA) is 30.7 Å². The zero-order chi connectivity index (χ0) is 41.7. The molecule has 0 aliphatic rings. The number of para-hydroxylation sites is 1. The molecule has 3 nitrogen and oxygen atoms in total. The molecule has 0 atom stereocenters. The van der Waals surface area contributed by atoms with Crippen LogP contribution in [0.5, 0.6) is 0 Å². The lowest BCUT2D eigenvalue weighted by molar-refractivity contribution is -0.137. The number of hydrogen-bond donors (Lipinski definition) is 0. The van der Waals surface area contributed by atoms with Crippen molar-refractivity contribution in [1.29, 1.82) is 0 Å². The molecule has 10 aromatic rings. The fourth-order valence-electron chi connectivity index (χ4n) is 8.49. The molecular weight excluding hydrogens is 760 g/mol. The van der Waals surface area contributed by atoms with Crippen LogP contribution < -0.4 is 0 Å². The molecule has 6 heteroatoms. The van der Waals surface area contributed by atoms with E-state index in [-0.39, 0.29) is 0 Å². The molecule has 2 aromatic heterocycles. The Morgan fingerprint density at radius 2 is 0.967 bits per heavy atom. The molecule has 0 aliphatic carbocycles. The number of aromatic nitrogens is 3. The lowest BCUT2D eigenvalue weighted by atomic mass is 9.91. The highest BCUT2D eigenvalue weighted by molar-refractivity contribution is 6.12. The van der Waals surface area contributed by atoms with E-state index < -0.39 is 11.7 Å². The van der Waals surface area contributed by atoms with Crippen LogP contribution in [-0.2, 0) is 6.18 Å².